The van der Waals surface area contributed by atoms with Crippen molar-refractivity contribution in [3.63, 3.8) is 0 Å². The van der Waals surface area contributed by atoms with Crippen molar-refractivity contribution in [1.82, 2.24) is 15.1 Å². The SMILES string of the molecule is O=C(CCNCCO)n1cccn1. The van der Waals surface area contributed by atoms with Crippen LogP contribution in [0.1, 0.15) is 11.2 Å². The number of aromatic nitrogens is 2. The second kappa shape index (κ2) is 5.45. The van der Waals surface area contributed by atoms with Gasteiger partial charge < -0.3 is 10.4 Å². The number of carbonyl (C=O) groups excluding carboxylic acids is 1. The fourth-order valence-corrected chi connectivity index (χ4v) is 0.930. The number of aliphatic hydroxyl groups excluding tert-OH is 1. The molecule has 0 radical (unpaired) electrons. The molecule has 0 atom stereocenters. The first kappa shape index (κ1) is 9.88. The molecule has 0 aliphatic heterocycles. The van der Waals surface area contributed by atoms with Crippen LogP contribution in [0.2, 0.25) is 0 Å². The van der Waals surface area contributed by atoms with E-state index in [2.05, 4.69) is 10.4 Å². The molecule has 1 heterocycles. The fraction of sp³-hybridized carbons (Fsp3) is 0.500. The molecule has 0 bridgehead atoms. The summed E-state index contributed by atoms with van der Waals surface area (Å²) in [5.41, 5.74) is 0. The summed E-state index contributed by atoms with van der Waals surface area (Å²) in [5, 5.41) is 15.2. The molecule has 1 rings (SSSR count). The summed E-state index contributed by atoms with van der Waals surface area (Å²) in [6.45, 7) is 1.18. The van der Waals surface area contributed by atoms with Crippen LogP contribution < -0.4 is 5.32 Å². The van der Waals surface area contributed by atoms with Gasteiger partial charge in [-0.3, -0.25) is 4.79 Å². The van der Waals surface area contributed by atoms with E-state index in [1.54, 1.807) is 18.5 Å². The Balaban J connectivity index is 2.19. The Labute approximate surface area is 76.4 Å². The second-order valence-electron chi connectivity index (χ2n) is 2.57. The van der Waals surface area contributed by atoms with E-state index in [1.165, 1.54) is 4.68 Å². The summed E-state index contributed by atoms with van der Waals surface area (Å²) in [6, 6.07) is 1.71. The predicted octanol–water partition coefficient (Wildman–Crippen LogP) is -0.505. The molecule has 5 nitrogen and oxygen atoms in total. The summed E-state index contributed by atoms with van der Waals surface area (Å²) < 4.78 is 1.31. The summed E-state index contributed by atoms with van der Waals surface area (Å²) in [5.74, 6) is -0.0459. The molecule has 0 aliphatic carbocycles. The van der Waals surface area contributed by atoms with E-state index in [-0.39, 0.29) is 12.5 Å². The highest BCUT2D eigenvalue weighted by molar-refractivity contribution is 5.77. The standard InChI is InChI=1S/C8H13N3O2/c12-7-5-9-4-2-8(13)11-6-1-3-10-11/h1,3,6,9,12H,2,4-5,7H2. The number of hydrogen-bond donors (Lipinski definition) is 2. The second-order valence-corrected chi connectivity index (χ2v) is 2.57. The van der Waals surface area contributed by atoms with Gasteiger partial charge in [0.2, 0.25) is 5.91 Å². The molecule has 1 aromatic rings. The molecule has 0 saturated heterocycles. The molecule has 0 spiro atoms. The molecule has 1 aromatic heterocycles. The van der Waals surface area contributed by atoms with Gasteiger partial charge in [0.05, 0.1) is 6.61 Å². The molecule has 2 N–H and O–H groups in total. The molecule has 0 unspecified atom stereocenters. The lowest BCUT2D eigenvalue weighted by atomic mass is 10.4. The number of nitrogens with zero attached hydrogens (tertiary/aromatic N) is 2. The van der Waals surface area contributed by atoms with Crippen molar-refractivity contribution >= 4 is 5.91 Å². The van der Waals surface area contributed by atoms with Crippen molar-refractivity contribution in [2.45, 2.75) is 6.42 Å². The lowest BCUT2D eigenvalue weighted by Crippen LogP contribution is -2.23. The number of aliphatic hydroxyl groups is 1. The van der Waals surface area contributed by atoms with Crippen LogP contribution in [0.3, 0.4) is 0 Å². The van der Waals surface area contributed by atoms with Crippen LogP contribution in [-0.2, 0) is 0 Å². The van der Waals surface area contributed by atoms with Gasteiger partial charge in [-0.15, -0.1) is 0 Å². The third kappa shape index (κ3) is 3.35. The van der Waals surface area contributed by atoms with E-state index >= 15 is 0 Å². The highest BCUT2D eigenvalue weighted by atomic mass is 16.3. The van der Waals surface area contributed by atoms with E-state index in [0.29, 0.717) is 19.5 Å². The normalized spacial score (nSPS) is 10.2. The van der Waals surface area contributed by atoms with Gasteiger partial charge in [-0.2, -0.15) is 5.10 Å². The maximum Gasteiger partial charge on any atom is 0.248 e. The highest BCUT2D eigenvalue weighted by Crippen LogP contribution is 1.88. The first-order valence-corrected chi connectivity index (χ1v) is 4.19. The predicted molar refractivity (Wildman–Crippen MR) is 47.4 cm³/mol. The minimum atomic E-state index is -0.0459. The Bertz CT molecular complexity index is 246. The third-order valence-electron chi connectivity index (χ3n) is 1.56. The van der Waals surface area contributed by atoms with Gasteiger partial charge in [0.25, 0.3) is 0 Å². The van der Waals surface area contributed by atoms with E-state index in [1.807, 2.05) is 0 Å². The third-order valence-corrected chi connectivity index (χ3v) is 1.56. The summed E-state index contributed by atoms with van der Waals surface area (Å²) in [7, 11) is 0. The van der Waals surface area contributed by atoms with E-state index in [0.717, 1.165) is 0 Å². The smallest absolute Gasteiger partial charge is 0.248 e. The molecule has 0 amide bonds. The molecular formula is C8H13N3O2. The van der Waals surface area contributed by atoms with Crippen LogP contribution in [0.4, 0.5) is 0 Å². The van der Waals surface area contributed by atoms with Crippen LogP contribution in [0.15, 0.2) is 18.5 Å². The largest absolute Gasteiger partial charge is 0.395 e. The molecule has 0 aromatic carbocycles. The van der Waals surface area contributed by atoms with Crippen molar-refractivity contribution in [3.8, 4) is 0 Å². The van der Waals surface area contributed by atoms with Crippen molar-refractivity contribution in [3.05, 3.63) is 18.5 Å². The highest BCUT2D eigenvalue weighted by Gasteiger charge is 2.02. The van der Waals surface area contributed by atoms with E-state index in [9.17, 15) is 4.79 Å². The van der Waals surface area contributed by atoms with E-state index in [4.69, 9.17) is 5.11 Å². The monoisotopic (exact) mass is 183 g/mol. The van der Waals surface area contributed by atoms with Crippen molar-refractivity contribution in [2.24, 2.45) is 0 Å². The molecule has 13 heavy (non-hydrogen) atoms. The number of hydrogen-bond acceptors (Lipinski definition) is 4. The average molecular weight is 183 g/mol. The lowest BCUT2D eigenvalue weighted by Gasteiger charge is -2.01. The van der Waals surface area contributed by atoms with Crippen LogP contribution in [-0.4, -0.2) is 40.5 Å². The minimum Gasteiger partial charge on any atom is -0.395 e. The zero-order valence-corrected chi connectivity index (χ0v) is 7.31. The van der Waals surface area contributed by atoms with Crippen LogP contribution >= 0.6 is 0 Å². The molecule has 0 fully saturated rings. The Hall–Kier alpha value is -1.20. The maximum absolute atomic E-state index is 11.3. The van der Waals surface area contributed by atoms with Gasteiger partial charge in [-0.25, -0.2) is 4.68 Å². The van der Waals surface area contributed by atoms with Crippen LogP contribution in [0, 0.1) is 0 Å². The number of nitrogens with one attached hydrogen (secondary N) is 1. The quantitative estimate of drug-likeness (QED) is 0.604. The summed E-state index contributed by atoms with van der Waals surface area (Å²) in [4.78, 5) is 11.3. The maximum atomic E-state index is 11.3. The van der Waals surface area contributed by atoms with Gasteiger partial charge in [-0.05, 0) is 6.07 Å². The van der Waals surface area contributed by atoms with E-state index < -0.39 is 0 Å². The Morgan fingerprint density at radius 3 is 3.00 bits per heavy atom. The van der Waals surface area contributed by atoms with Crippen molar-refractivity contribution < 1.29 is 9.90 Å². The Morgan fingerprint density at radius 1 is 1.54 bits per heavy atom. The summed E-state index contributed by atoms with van der Waals surface area (Å²) >= 11 is 0. The lowest BCUT2D eigenvalue weighted by molar-refractivity contribution is 0.0886. The van der Waals surface area contributed by atoms with Gasteiger partial charge >= 0.3 is 0 Å². The first-order chi connectivity index (χ1) is 6.34. The van der Waals surface area contributed by atoms with Gasteiger partial charge in [-0.1, -0.05) is 0 Å². The molecule has 0 saturated carbocycles. The first-order valence-electron chi connectivity index (χ1n) is 4.19. The number of rotatable bonds is 5. The molecule has 72 valence electrons. The Morgan fingerprint density at radius 2 is 2.38 bits per heavy atom. The topological polar surface area (TPSA) is 67.2 Å². The Kier molecular flexibility index (Phi) is 4.14. The number of carbonyl (C=O) groups is 1. The van der Waals surface area contributed by atoms with Crippen LogP contribution in [0.5, 0.6) is 0 Å². The van der Waals surface area contributed by atoms with Crippen molar-refractivity contribution in [1.29, 1.82) is 0 Å². The zero-order chi connectivity index (χ0) is 9.52. The van der Waals surface area contributed by atoms with Gasteiger partial charge in [0.15, 0.2) is 0 Å². The van der Waals surface area contributed by atoms with Crippen LogP contribution in [0.25, 0.3) is 0 Å². The van der Waals surface area contributed by atoms with Gasteiger partial charge in [0, 0.05) is 31.9 Å². The average Bonchev–Trinajstić information content (AvgIpc) is 2.65. The van der Waals surface area contributed by atoms with Gasteiger partial charge in [0.1, 0.15) is 0 Å². The minimum absolute atomic E-state index is 0.0459. The van der Waals surface area contributed by atoms with Crippen molar-refractivity contribution in [2.75, 3.05) is 19.7 Å². The molecule has 0 aliphatic rings. The molecule has 5 heteroatoms. The zero-order valence-electron chi connectivity index (χ0n) is 7.31. The fourth-order valence-electron chi connectivity index (χ4n) is 0.930. The summed E-state index contributed by atoms with van der Waals surface area (Å²) in [6.07, 6.45) is 3.58. The molecular weight excluding hydrogens is 170 g/mol.